The smallest absolute Gasteiger partial charge is 0.252 e. The van der Waals surface area contributed by atoms with Crippen LogP contribution in [0.25, 0.3) is 11.1 Å². The second-order valence-corrected chi connectivity index (χ2v) is 13.2. The van der Waals surface area contributed by atoms with Gasteiger partial charge in [-0.05, 0) is 100 Å². The van der Waals surface area contributed by atoms with Crippen molar-refractivity contribution in [1.82, 2.24) is 0 Å². The SMILES string of the molecule is c1ccc(N2c3ccccc3B3c4c2cccc4N(c2ccccc2)c2ccc4c(c23)-c2ccccc2C42CCCCC2)cc1. The third kappa shape index (κ3) is 3.36. The number of fused-ring (bicyclic) bond motifs is 10. The molecule has 0 saturated heterocycles. The van der Waals surface area contributed by atoms with E-state index < -0.39 is 0 Å². The Morgan fingerprint density at radius 2 is 1.02 bits per heavy atom. The van der Waals surface area contributed by atoms with Gasteiger partial charge in [0.15, 0.2) is 0 Å². The molecule has 2 nitrogen and oxygen atoms in total. The van der Waals surface area contributed by atoms with Gasteiger partial charge in [0.1, 0.15) is 0 Å². The van der Waals surface area contributed by atoms with Gasteiger partial charge in [-0.1, -0.05) is 110 Å². The molecule has 0 amide bonds. The third-order valence-corrected chi connectivity index (χ3v) is 11.0. The summed E-state index contributed by atoms with van der Waals surface area (Å²) in [6, 6.07) is 52.3. The highest BCUT2D eigenvalue weighted by molar-refractivity contribution is 7.01. The summed E-state index contributed by atoms with van der Waals surface area (Å²) in [6.45, 7) is 0.129. The van der Waals surface area contributed by atoms with Gasteiger partial charge < -0.3 is 9.80 Å². The number of hydrogen-bond acceptors (Lipinski definition) is 2. The Kier molecular flexibility index (Phi) is 5.34. The molecule has 2 aliphatic carbocycles. The largest absolute Gasteiger partial charge is 0.311 e. The van der Waals surface area contributed by atoms with Gasteiger partial charge in [-0.2, -0.15) is 0 Å². The number of hydrogen-bond donors (Lipinski definition) is 0. The first-order chi connectivity index (χ1) is 22.4. The summed E-state index contributed by atoms with van der Waals surface area (Å²) in [7, 11) is 0. The number of rotatable bonds is 2. The van der Waals surface area contributed by atoms with Crippen molar-refractivity contribution < 1.29 is 0 Å². The highest BCUT2D eigenvalue weighted by Gasteiger charge is 2.50. The van der Waals surface area contributed by atoms with Crippen LogP contribution in [-0.2, 0) is 5.41 Å². The molecule has 0 aromatic heterocycles. The van der Waals surface area contributed by atoms with Crippen molar-refractivity contribution in [1.29, 1.82) is 0 Å². The fourth-order valence-electron chi connectivity index (χ4n) is 9.33. The Morgan fingerprint density at radius 1 is 0.444 bits per heavy atom. The molecule has 0 unspecified atom stereocenters. The van der Waals surface area contributed by atoms with Crippen LogP contribution in [0.15, 0.2) is 140 Å². The monoisotopic (exact) mass is 576 g/mol. The Morgan fingerprint density at radius 3 is 1.76 bits per heavy atom. The van der Waals surface area contributed by atoms with Crippen LogP contribution in [-0.4, -0.2) is 6.71 Å². The number of benzene rings is 6. The zero-order valence-electron chi connectivity index (χ0n) is 25.3. The Labute approximate surface area is 265 Å². The lowest BCUT2D eigenvalue weighted by Crippen LogP contribution is -2.62. The van der Waals surface area contributed by atoms with E-state index in [4.69, 9.17) is 0 Å². The molecule has 6 aromatic rings. The minimum Gasteiger partial charge on any atom is -0.311 e. The Hall–Kier alpha value is -5.02. The van der Waals surface area contributed by atoms with Crippen LogP contribution >= 0.6 is 0 Å². The molecule has 0 radical (unpaired) electrons. The summed E-state index contributed by atoms with van der Waals surface area (Å²) < 4.78 is 0. The van der Waals surface area contributed by atoms with E-state index in [1.807, 2.05) is 0 Å². The first-order valence-electron chi connectivity index (χ1n) is 16.5. The first-order valence-corrected chi connectivity index (χ1v) is 16.5. The molecular formula is C42H33BN2. The van der Waals surface area contributed by atoms with E-state index in [1.165, 1.54) is 93.7 Å². The topological polar surface area (TPSA) is 6.48 Å². The Bertz CT molecular complexity index is 2100. The summed E-state index contributed by atoms with van der Waals surface area (Å²) >= 11 is 0. The number of para-hydroxylation sites is 3. The summed E-state index contributed by atoms with van der Waals surface area (Å²) in [5.41, 5.74) is 17.9. The van der Waals surface area contributed by atoms with Gasteiger partial charge in [-0.25, -0.2) is 0 Å². The van der Waals surface area contributed by atoms with Crippen molar-refractivity contribution in [2.24, 2.45) is 0 Å². The van der Waals surface area contributed by atoms with Gasteiger partial charge in [0.05, 0.1) is 0 Å². The molecule has 214 valence electrons. The van der Waals surface area contributed by atoms with E-state index in [0.717, 1.165) is 0 Å². The van der Waals surface area contributed by atoms with Crippen molar-refractivity contribution >= 4 is 57.2 Å². The van der Waals surface area contributed by atoms with Crippen LogP contribution in [0.4, 0.5) is 34.1 Å². The van der Waals surface area contributed by atoms with Crippen LogP contribution in [0, 0.1) is 0 Å². The van der Waals surface area contributed by atoms with Gasteiger partial charge in [0, 0.05) is 39.5 Å². The molecule has 6 aromatic carbocycles. The minimum absolute atomic E-state index is 0.112. The van der Waals surface area contributed by atoms with Gasteiger partial charge in [0.2, 0.25) is 0 Å². The molecule has 0 N–H and O–H groups in total. The van der Waals surface area contributed by atoms with Gasteiger partial charge >= 0.3 is 0 Å². The molecule has 3 heteroatoms. The molecule has 0 bridgehead atoms. The standard InChI is InChI=1S/C42H33BN2/c1-4-15-29(16-5-1)44-35-22-11-10-21-34(35)43-40-36(44)23-14-24-37(40)45(30-17-6-2-7-18-30)38-26-25-33-39(41(38)43)31-19-8-9-20-32(31)42(33)27-12-3-13-28-42/h1-2,4-11,14-26H,3,12-13,27-28H2. The maximum atomic E-state index is 2.54. The fraction of sp³-hybridized carbons (Fsp3) is 0.143. The van der Waals surface area contributed by atoms with Crippen LogP contribution < -0.4 is 26.2 Å². The summed E-state index contributed by atoms with van der Waals surface area (Å²) in [4.78, 5) is 5.02. The molecule has 1 spiro atoms. The lowest BCUT2D eigenvalue weighted by molar-refractivity contribution is 0.353. The normalized spacial score (nSPS) is 16.5. The highest BCUT2D eigenvalue weighted by Crippen LogP contribution is 2.57. The molecule has 4 aliphatic rings. The van der Waals surface area contributed by atoms with Crippen molar-refractivity contribution in [2.45, 2.75) is 37.5 Å². The second kappa shape index (κ2) is 9.49. The van der Waals surface area contributed by atoms with E-state index in [-0.39, 0.29) is 12.1 Å². The first kappa shape index (κ1) is 25.3. The van der Waals surface area contributed by atoms with Gasteiger partial charge in [-0.3, -0.25) is 0 Å². The van der Waals surface area contributed by atoms with E-state index in [2.05, 4.69) is 149 Å². The summed E-state index contributed by atoms with van der Waals surface area (Å²) in [5.74, 6) is 0. The van der Waals surface area contributed by atoms with Crippen LogP contribution in [0.2, 0.25) is 0 Å². The van der Waals surface area contributed by atoms with Crippen molar-refractivity contribution in [3.63, 3.8) is 0 Å². The predicted octanol–water partition coefficient (Wildman–Crippen LogP) is 9.00. The van der Waals surface area contributed by atoms with E-state index in [1.54, 1.807) is 11.1 Å². The van der Waals surface area contributed by atoms with Crippen LogP contribution in [0.3, 0.4) is 0 Å². The maximum absolute atomic E-state index is 2.54. The quantitative estimate of drug-likeness (QED) is 0.190. The highest BCUT2D eigenvalue weighted by atomic mass is 15.2. The van der Waals surface area contributed by atoms with E-state index in [9.17, 15) is 0 Å². The minimum atomic E-state index is 0.112. The van der Waals surface area contributed by atoms with E-state index >= 15 is 0 Å². The molecule has 1 saturated carbocycles. The Balaban J connectivity index is 1.34. The van der Waals surface area contributed by atoms with E-state index in [0.29, 0.717) is 0 Å². The van der Waals surface area contributed by atoms with Gasteiger partial charge in [0.25, 0.3) is 6.71 Å². The summed E-state index contributed by atoms with van der Waals surface area (Å²) in [5, 5.41) is 0. The lowest BCUT2D eigenvalue weighted by atomic mass is 9.32. The average Bonchev–Trinajstić information content (AvgIpc) is 3.38. The van der Waals surface area contributed by atoms with Gasteiger partial charge in [-0.15, -0.1) is 0 Å². The third-order valence-electron chi connectivity index (χ3n) is 11.0. The molecule has 45 heavy (non-hydrogen) atoms. The predicted molar refractivity (Wildman–Crippen MR) is 190 cm³/mol. The molecule has 0 atom stereocenters. The number of nitrogens with zero attached hydrogens (tertiary/aromatic N) is 2. The molecule has 1 fully saturated rings. The summed E-state index contributed by atoms with van der Waals surface area (Å²) in [6.07, 6.45) is 6.42. The van der Waals surface area contributed by atoms with Crippen LogP contribution in [0.1, 0.15) is 43.2 Å². The maximum Gasteiger partial charge on any atom is 0.252 e. The molecule has 2 aliphatic heterocycles. The van der Waals surface area contributed by atoms with Crippen LogP contribution in [0.5, 0.6) is 0 Å². The molecule has 2 heterocycles. The molecule has 10 rings (SSSR count). The second-order valence-electron chi connectivity index (χ2n) is 13.2. The lowest BCUT2D eigenvalue weighted by Gasteiger charge is -2.45. The fourth-order valence-corrected chi connectivity index (χ4v) is 9.33. The zero-order chi connectivity index (χ0) is 29.5. The van der Waals surface area contributed by atoms with Crippen molar-refractivity contribution in [3.05, 3.63) is 151 Å². The van der Waals surface area contributed by atoms with Crippen molar-refractivity contribution in [2.75, 3.05) is 9.80 Å². The number of anilines is 6. The molecular weight excluding hydrogens is 543 g/mol. The van der Waals surface area contributed by atoms with Crippen molar-refractivity contribution in [3.8, 4) is 11.1 Å². The average molecular weight is 577 g/mol. The zero-order valence-corrected chi connectivity index (χ0v) is 25.3.